The van der Waals surface area contributed by atoms with Gasteiger partial charge in [0.25, 0.3) is 5.88 Å². The van der Waals surface area contributed by atoms with Crippen molar-refractivity contribution >= 4 is 11.6 Å². The smallest absolute Gasteiger partial charge is 0.503 e. The molecule has 1 heterocycles. The third kappa shape index (κ3) is 3.39. The maximum atomic E-state index is 12.0. The Balaban J connectivity index is 3.19. The molecule has 0 unspecified atom stereocenters. The fourth-order valence-electron chi connectivity index (χ4n) is 1.13. The van der Waals surface area contributed by atoms with E-state index in [2.05, 4.69) is 9.72 Å². The number of aromatic hydroxyl groups is 1. The molecule has 92 valence electrons. The van der Waals surface area contributed by atoms with E-state index in [1.165, 1.54) is 0 Å². The molecule has 1 aromatic heterocycles. The SMILES string of the molecule is N#CCc1c(CCl)cnc(OC(F)(F)F)c1O. The van der Waals surface area contributed by atoms with Gasteiger partial charge in [0.2, 0.25) is 0 Å². The molecule has 0 saturated heterocycles. The molecule has 0 fully saturated rings. The number of rotatable bonds is 3. The molecule has 0 radical (unpaired) electrons. The summed E-state index contributed by atoms with van der Waals surface area (Å²) < 4.78 is 39.4. The first-order valence-electron chi connectivity index (χ1n) is 4.27. The molecule has 8 heteroatoms. The zero-order valence-electron chi connectivity index (χ0n) is 8.25. The van der Waals surface area contributed by atoms with Crippen molar-refractivity contribution in [3.05, 3.63) is 17.3 Å². The van der Waals surface area contributed by atoms with Crippen molar-refractivity contribution in [2.24, 2.45) is 0 Å². The molecular weight excluding hydrogens is 261 g/mol. The minimum atomic E-state index is -4.96. The summed E-state index contributed by atoms with van der Waals surface area (Å²) in [6.07, 6.45) is -4.22. The van der Waals surface area contributed by atoms with Crippen molar-refractivity contribution in [3.63, 3.8) is 0 Å². The number of pyridine rings is 1. The van der Waals surface area contributed by atoms with E-state index in [0.29, 0.717) is 0 Å². The van der Waals surface area contributed by atoms with Crippen molar-refractivity contribution in [2.45, 2.75) is 18.7 Å². The average Bonchev–Trinajstić information content (AvgIpc) is 2.23. The molecule has 0 spiro atoms. The Hall–Kier alpha value is -1.68. The van der Waals surface area contributed by atoms with Gasteiger partial charge >= 0.3 is 6.36 Å². The van der Waals surface area contributed by atoms with Crippen molar-refractivity contribution in [1.29, 1.82) is 5.26 Å². The van der Waals surface area contributed by atoms with Gasteiger partial charge in [0, 0.05) is 17.6 Å². The van der Waals surface area contributed by atoms with Crippen LogP contribution in [0.3, 0.4) is 0 Å². The van der Waals surface area contributed by atoms with Crippen molar-refractivity contribution < 1.29 is 23.0 Å². The van der Waals surface area contributed by atoms with Crippen LogP contribution < -0.4 is 4.74 Å². The Morgan fingerprint density at radius 3 is 2.65 bits per heavy atom. The normalized spacial score (nSPS) is 11.0. The third-order valence-electron chi connectivity index (χ3n) is 1.83. The number of ether oxygens (including phenoxy) is 1. The largest absolute Gasteiger partial charge is 0.574 e. The highest BCUT2D eigenvalue weighted by atomic mass is 35.5. The summed E-state index contributed by atoms with van der Waals surface area (Å²) in [6, 6.07) is 1.71. The molecule has 0 aliphatic heterocycles. The summed E-state index contributed by atoms with van der Waals surface area (Å²) in [6.45, 7) is 0. The summed E-state index contributed by atoms with van der Waals surface area (Å²) in [5, 5.41) is 18.0. The number of aromatic nitrogens is 1. The van der Waals surface area contributed by atoms with Crippen LogP contribution in [0, 0.1) is 11.3 Å². The highest BCUT2D eigenvalue weighted by Gasteiger charge is 2.33. The van der Waals surface area contributed by atoms with Crippen molar-refractivity contribution in [3.8, 4) is 17.7 Å². The van der Waals surface area contributed by atoms with Gasteiger partial charge in [-0.1, -0.05) is 0 Å². The molecule has 1 aromatic rings. The lowest BCUT2D eigenvalue weighted by Gasteiger charge is -2.12. The van der Waals surface area contributed by atoms with Crippen LogP contribution in [0.25, 0.3) is 0 Å². The molecule has 0 amide bonds. The third-order valence-corrected chi connectivity index (χ3v) is 2.11. The van der Waals surface area contributed by atoms with Gasteiger partial charge in [-0.05, 0) is 5.56 Å². The predicted octanol–water partition coefficient (Wildman–Crippen LogP) is 2.49. The predicted molar refractivity (Wildman–Crippen MR) is 51.5 cm³/mol. The van der Waals surface area contributed by atoms with E-state index >= 15 is 0 Å². The summed E-state index contributed by atoms with van der Waals surface area (Å²) in [4.78, 5) is 3.29. The van der Waals surface area contributed by atoms with E-state index in [1.54, 1.807) is 6.07 Å². The Bertz CT molecular complexity index is 457. The van der Waals surface area contributed by atoms with Gasteiger partial charge in [0.15, 0.2) is 5.75 Å². The molecule has 1 rings (SSSR count). The first kappa shape index (κ1) is 13.4. The van der Waals surface area contributed by atoms with E-state index in [-0.39, 0.29) is 23.4 Å². The van der Waals surface area contributed by atoms with Crippen LogP contribution in [0.1, 0.15) is 11.1 Å². The fourth-order valence-corrected chi connectivity index (χ4v) is 1.36. The lowest BCUT2D eigenvalue weighted by molar-refractivity contribution is -0.276. The molecule has 0 aliphatic rings. The summed E-state index contributed by atoms with van der Waals surface area (Å²) >= 11 is 5.50. The average molecular weight is 267 g/mol. The number of alkyl halides is 4. The molecule has 17 heavy (non-hydrogen) atoms. The van der Waals surface area contributed by atoms with Crippen molar-refractivity contribution in [1.82, 2.24) is 4.98 Å². The second kappa shape index (κ2) is 5.10. The van der Waals surface area contributed by atoms with Gasteiger partial charge in [-0.2, -0.15) is 5.26 Å². The molecule has 0 bridgehead atoms. The second-order valence-corrected chi connectivity index (χ2v) is 3.20. The topological polar surface area (TPSA) is 66.1 Å². The van der Waals surface area contributed by atoms with Crippen LogP contribution in [0.4, 0.5) is 13.2 Å². The van der Waals surface area contributed by atoms with Gasteiger partial charge < -0.3 is 9.84 Å². The monoisotopic (exact) mass is 266 g/mol. The minimum Gasteiger partial charge on any atom is -0.503 e. The van der Waals surface area contributed by atoms with Gasteiger partial charge in [-0.25, -0.2) is 4.98 Å². The molecule has 4 nitrogen and oxygen atoms in total. The van der Waals surface area contributed by atoms with E-state index in [4.69, 9.17) is 16.9 Å². The van der Waals surface area contributed by atoms with Gasteiger partial charge in [-0.3, -0.25) is 0 Å². The van der Waals surface area contributed by atoms with E-state index in [9.17, 15) is 18.3 Å². The Labute approximate surface area is 99.2 Å². The number of hydrogen-bond acceptors (Lipinski definition) is 4. The lowest BCUT2D eigenvalue weighted by Crippen LogP contribution is -2.18. The zero-order valence-corrected chi connectivity index (χ0v) is 9.01. The molecule has 1 N–H and O–H groups in total. The summed E-state index contributed by atoms with van der Waals surface area (Å²) in [5.74, 6) is -1.89. The van der Waals surface area contributed by atoms with Gasteiger partial charge in [-0.15, -0.1) is 24.8 Å². The first-order valence-corrected chi connectivity index (χ1v) is 4.81. The summed E-state index contributed by atoms with van der Waals surface area (Å²) in [7, 11) is 0. The van der Waals surface area contributed by atoms with E-state index in [0.717, 1.165) is 6.20 Å². The molecular formula is C9H6ClF3N2O2. The standard InChI is InChI=1S/C9H6ClF3N2O2/c10-3-5-4-15-8(17-9(11,12)13)7(16)6(5)1-2-14/h4,16H,1,3H2. The van der Waals surface area contributed by atoms with E-state index < -0.39 is 18.0 Å². The number of hydrogen-bond donors (Lipinski definition) is 1. The van der Waals surface area contributed by atoms with Crippen LogP contribution in [0.5, 0.6) is 11.6 Å². The number of nitrogens with zero attached hydrogens (tertiary/aromatic N) is 2. The highest BCUT2D eigenvalue weighted by Crippen LogP contribution is 2.34. The maximum Gasteiger partial charge on any atom is 0.574 e. The molecule has 0 aromatic carbocycles. The van der Waals surface area contributed by atoms with Crippen LogP contribution in [-0.4, -0.2) is 16.5 Å². The Kier molecular flexibility index (Phi) is 4.02. The molecule has 0 aliphatic carbocycles. The Morgan fingerprint density at radius 2 is 2.18 bits per heavy atom. The first-order chi connectivity index (χ1) is 7.89. The summed E-state index contributed by atoms with van der Waals surface area (Å²) in [5.41, 5.74) is 0.261. The van der Waals surface area contributed by atoms with Crippen LogP contribution in [0.15, 0.2) is 6.20 Å². The minimum absolute atomic E-state index is 0.0169. The number of nitriles is 1. The zero-order chi connectivity index (χ0) is 13.1. The van der Waals surface area contributed by atoms with Crippen LogP contribution in [0.2, 0.25) is 0 Å². The van der Waals surface area contributed by atoms with E-state index in [1.807, 2.05) is 0 Å². The Morgan fingerprint density at radius 1 is 1.53 bits per heavy atom. The quantitative estimate of drug-likeness (QED) is 0.854. The van der Waals surface area contributed by atoms with Gasteiger partial charge in [0.1, 0.15) is 0 Å². The van der Waals surface area contributed by atoms with Crippen LogP contribution in [-0.2, 0) is 12.3 Å². The number of halogens is 4. The highest BCUT2D eigenvalue weighted by molar-refractivity contribution is 6.17. The van der Waals surface area contributed by atoms with Crippen LogP contribution >= 0.6 is 11.6 Å². The molecule has 0 saturated carbocycles. The second-order valence-electron chi connectivity index (χ2n) is 2.93. The fraction of sp³-hybridized carbons (Fsp3) is 0.333. The van der Waals surface area contributed by atoms with Crippen molar-refractivity contribution in [2.75, 3.05) is 0 Å². The molecule has 0 atom stereocenters. The lowest BCUT2D eigenvalue weighted by atomic mass is 10.1. The van der Waals surface area contributed by atoms with Gasteiger partial charge in [0.05, 0.1) is 12.5 Å². The maximum absolute atomic E-state index is 12.0.